The predicted molar refractivity (Wildman–Crippen MR) is 112 cm³/mol. The molecule has 1 aliphatic rings. The molecule has 1 fully saturated rings. The maximum Gasteiger partial charge on any atom is 0.274 e. The summed E-state index contributed by atoms with van der Waals surface area (Å²) in [5.74, 6) is 0.204. The van der Waals surface area contributed by atoms with Gasteiger partial charge < -0.3 is 15.5 Å². The third kappa shape index (κ3) is 4.34. The van der Waals surface area contributed by atoms with Crippen molar-refractivity contribution in [2.45, 2.75) is 32.9 Å². The molecule has 3 aromatic heterocycles. The van der Waals surface area contributed by atoms with Crippen LogP contribution in [0.5, 0.6) is 0 Å². The highest BCUT2D eigenvalue weighted by atomic mass is 32.1. The van der Waals surface area contributed by atoms with Gasteiger partial charge in [-0.1, -0.05) is 6.07 Å². The molecule has 0 aromatic carbocycles. The highest BCUT2D eigenvalue weighted by Crippen LogP contribution is 2.26. The van der Waals surface area contributed by atoms with Crippen LogP contribution in [0.1, 0.15) is 35.0 Å². The number of nitrogens with one attached hydrogen (secondary N) is 2. The fourth-order valence-corrected chi connectivity index (χ4v) is 4.29. The van der Waals surface area contributed by atoms with Gasteiger partial charge in [-0.2, -0.15) is 0 Å². The fraction of sp³-hybridized carbons (Fsp3) is 0.350. The number of aryl methyl sites for hydroxylation is 1. The Balaban J connectivity index is 1.55. The minimum Gasteiger partial charge on any atom is -0.352 e. The van der Waals surface area contributed by atoms with Crippen molar-refractivity contribution >= 4 is 39.3 Å². The standard InChI is InChI=1S/C20H22N6O2S/c1-12-7-14(9-21-8-12)10-22-20-24-16-4-6-29-18(16)17(25-20)19(28)26-5-3-15(11-26)23-13(2)27/h4,6-9,15H,3,5,10-11H2,1-2H3,(H,23,27)(H,22,24,25). The lowest BCUT2D eigenvalue weighted by molar-refractivity contribution is -0.119. The van der Waals surface area contributed by atoms with Crippen molar-refractivity contribution < 1.29 is 9.59 Å². The third-order valence-corrected chi connectivity index (χ3v) is 5.68. The van der Waals surface area contributed by atoms with Gasteiger partial charge in [0, 0.05) is 45.0 Å². The average Bonchev–Trinajstić information content (AvgIpc) is 3.34. The summed E-state index contributed by atoms with van der Waals surface area (Å²) >= 11 is 1.46. The van der Waals surface area contributed by atoms with Crippen LogP contribution in [-0.4, -0.2) is 50.8 Å². The van der Waals surface area contributed by atoms with E-state index in [9.17, 15) is 9.59 Å². The van der Waals surface area contributed by atoms with Gasteiger partial charge in [0.25, 0.3) is 5.91 Å². The van der Waals surface area contributed by atoms with E-state index >= 15 is 0 Å². The number of aromatic nitrogens is 3. The fourth-order valence-electron chi connectivity index (χ4n) is 3.48. The molecule has 2 N–H and O–H groups in total. The van der Waals surface area contributed by atoms with Crippen LogP contribution >= 0.6 is 11.3 Å². The number of hydrogen-bond acceptors (Lipinski definition) is 7. The number of likely N-dealkylation sites (tertiary alicyclic amines) is 1. The Bertz CT molecular complexity index is 1070. The zero-order chi connectivity index (χ0) is 20.4. The first kappa shape index (κ1) is 19.3. The molecule has 1 saturated heterocycles. The van der Waals surface area contributed by atoms with E-state index in [0.717, 1.165) is 27.8 Å². The molecule has 3 aromatic rings. The van der Waals surface area contributed by atoms with Crippen LogP contribution in [0.2, 0.25) is 0 Å². The van der Waals surface area contributed by atoms with E-state index in [0.29, 0.717) is 31.3 Å². The predicted octanol–water partition coefficient (Wildman–Crippen LogP) is 2.36. The van der Waals surface area contributed by atoms with Gasteiger partial charge in [0.15, 0.2) is 5.69 Å². The maximum absolute atomic E-state index is 13.2. The monoisotopic (exact) mass is 410 g/mol. The van der Waals surface area contributed by atoms with Crippen molar-refractivity contribution in [2.24, 2.45) is 0 Å². The first-order valence-electron chi connectivity index (χ1n) is 9.45. The van der Waals surface area contributed by atoms with Gasteiger partial charge in [0.2, 0.25) is 11.9 Å². The lowest BCUT2D eigenvalue weighted by Crippen LogP contribution is -2.37. The van der Waals surface area contributed by atoms with Crippen molar-refractivity contribution in [1.82, 2.24) is 25.2 Å². The molecular formula is C20H22N6O2S. The molecule has 4 heterocycles. The molecule has 8 nitrogen and oxygen atoms in total. The topological polar surface area (TPSA) is 100 Å². The van der Waals surface area contributed by atoms with Gasteiger partial charge in [-0.3, -0.25) is 14.6 Å². The van der Waals surface area contributed by atoms with Crippen LogP contribution in [0, 0.1) is 6.92 Å². The van der Waals surface area contributed by atoms with Crippen LogP contribution in [0.3, 0.4) is 0 Å². The van der Waals surface area contributed by atoms with E-state index < -0.39 is 0 Å². The summed E-state index contributed by atoms with van der Waals surface area (Å²) in [5.41, 5.74) is 3.25. The second-order valence-corrected chi connectivity index (χ2v) is 8.11. The van der Waals surface area contributed by atoms with Crippen molar-refractivity contribution in [3.05, 3.63) is 46.7 Å². The lowest BCUT2D eigenvalue weighted by Gasteiger charge is -2.17. The average molecular weight is 411 g/mol. The van der Waals surface area contributed by atoms with Gasteiger partial charge in [0.05, 0.1) is 10.2 Å². The van der Waals surface area contributed by atoms with Crippen LogP contribution in [-0.2, 0) is 11.3 Å². The van der Waals surface area contributed by atoms with Gasteiger partial charge in [-0.25, -0.2) is 9.97 Å². The summed E-state index contributed by atoms with van der Waals surface area (Å²) < 4.78 is 0.778. The Hall–Kier alpha value is -3.07. The van der Waals surface area contributed by atoms with Crippen molar-refractivity contribution in [2.75, 3.05) is 18.4 Å². The minimum atomic E-state index is -0.132. The van der Waals surface area contributed by atoms with E-state index in [1.165, 1.54) is 18.3 Å². The largest absolute Gasteiger partial charge is 0.352 e. The smallest absolute Gasteiger partial charge is 0.274 e. The van der Waals surface area contributed by atoms with E-state index in [4.69, 9.17) is 0 Å². The van der Waals surface area contributed by atoms with Crippen LogP contribution < -0.4 is 10.6 Å². The van der Waals surface area contributed by atoms with Gasteiger partial charge in [0.1, 0.15) is 0 Å². The Morgan fingerprint density at radius 2 is 2.17 bits per heavy atom. The molecule has 2 amide bonds. The zero-order valence-corrected chi connectivity index (χ0v) is 17.1. The van der Waals surface area contributed by atoms with Crippen molar-refractivity contribution in [3.63, 3.8) is 0 Å². The first-order chi connectivity index (χ1) is 14.0. The van der Waals surface area contributed by atoms with Crippen LogP contribution in [0.25, 0.3) is 10.2 Å². The summed E-state index contributed by atoms with van der Waals surface area (Å²) in [6.07, 6.45) is 4.34. The number of hydrogen-bond donors (Lipinski definition) is 2. The number of fused-ring (bicyclic) bond motifs is 1. The van der Waals surface area contributed by atoms with Gasteiger partial charge in [-0.05, 0) is 35.9 Å². The molecular weight excluding hydrogens is 388 g/mol. The molecule has 0 radical (unpaired) electrons. The second kappa shape index (κ2) is 8.12. The number of carbonyl (C=O) groups is 2. The van der Waals surface area contributed by atoms with E-state index in [1.54, 1.807) is 17.3 Å². The van der Waals surface area contributed by atoms with E-state index in [1.807, 2.05) is 24.4 Å². The molecule has 1 aliphatic heterocycles. The quantitative estimate of drug-likeness (QED) is 0.670. The number of anilines is 1. The second-order valence-electron chi connectivity index (χ2n) is 7.19. The lowest BCUT2D eigenvalue weighted by atomic mass is 10.2. The highest BCUT2D eigenvalue weighted by molar-refractivity contribution is 7.17. The Kier molecular flexibility index (Phi) is 5.39. The summed E-state index contributed by atoms with van der Waals surface area (Å²) in [6.45, 7) is 5.09. The minimum absolute atomic E-state index is 0.0106. The number of pyridine rings is 1. The zero-order valence-electron chi connectivity index (χ0n) is 16.3. The number of carbonyl (C=O) groups excluding carboxylic acids is 2. The first-order valence-corrected chi connectivity index (χ1v) is 10.3. The number of amides is 2. The van der Waals surface area contributed by atoms with E-state index in [-0.39, 0.29) is 17.9 Å². The molecule has 29 heavy (non-hydrogen) atoms. The Labute approximate surface area is 172 Å². The normalized spacial score (nSPS) is 16.2. The van der Waals surface area contributed by atoms with Gasteiger partial charge in [-0.15, -0.1) is 11.3 Å². The summed E-state index contributed by atoms with van der Waals surface area (Å²) in [6, 6.07) is 3.92. The van der Waals surface area contributed by atoms with Crippen molar-refractivity contribution in [3.8, 4) is 0 Å². The van der Waals surface area contributed by atoms with Gasteiger partial charge >= 0.3 is 0 Å². The maximum atomic E-state index is 13.2. The highest BCUT2D eigenvalue weighted by Gasteiger charge is 2.29. The Morgan fingerprint density at radius 1 is 1.31 bits per heavy atom. The molecule has 0 saturated carbocycles. The molecule has 1 atom stereocenters. The molecule has 1 unspecified atom stereocenters. The summed E-state index contributed by atoms with van der Waals surface area (Å²) in [7, 11) is 0. The third-order valence-electron chi connectivity index (χ3n) is 4.77. The van der Waals surface area contributed by atoms with Crippen LogP contribution in [0.4, 0.5) is 5.95 Å². The summed E-state index contributed by atoms with van der Waals surface area (Å²) in [5, 5.41) is 8.00. The molecule has 4 rings (SSSR count). The number of thiophene rings is 1. The SMILES string of the molecule is CC(=O)NC1CCN(C(=O)c2nc(NCc3cncc(C)c3)nc3ccsc23)C1. The van der Waals surface area contributed by atoms with E-state index in [2.05, 4.69) is 25.6 Å². The van der Waals surface area contributed by atoms with Crippen molar-refractivity contribution in [1.29, 1.82) is 0 Å². The molecule has 0 spiro atoms. The molecule has 0 bridgehead atoms. The number of rotatable bonds is 5. The molecule has 0 aliphatic carbocycles. The summed E-state index contributed by atoms with van der Waals surface area (Å²) in [4.78, 5) is 39.5. The number of nitrogens with zero attached hydrogens (tertiary/aromatic N) is 4. The Morgan fingerprint density at radius 3 is 2.97 bits per heavy atom. The molecule has 150 valence electrons. The van der Waals surface area contributed by atoms with Crippen LogP contribution in [0.15, 0.2) is 29.9 Å². The molecule has 9 heteroatoms.